The standard InChI is InChI=1S/C12H14N2O6P2/c13-7-1-3-9(11(5-7)21(15,16)17)10-4-2-8(14)6-12(10)22(18,19)20/h1-6H,13-14H2,(H2,15,16,17)(H2,18,19,20). The average Bonchev–Trinajstić information content (AvgIpc) is 2.37. The number of nitrogens with two attached hydrogens (primary N) is 2. The Morgan fingerprint density at radius 2 is 1.00 bits per heavy atom. The molecular weight excluding hydrogens is 330 g/mol. The van der Waals surface area contributed by atoms with Crippen LogP contribution in [-0.4, -0.2) is 19.6 Å². The molecule has 0 aromatic heterocycles. The van der Waals surface area contributed by atoms with Crippen molar-refractivity contribution in [1.29, 1.82) is 0 Å². The number of hydrogen-bond donors (Lipinski definition) is 6. The second-order valence-electron chi connectivity index (χ2n) is 4.64. The molecule has 0 amide bonds. The van der Waals surface area contributed by atoms with Gasteiger partial charge in [-0.05, 0) is 35.4 Å². The van der Waals surface area contributed by atoms with Gasteiger partial charge in [-0.3, -0.25) is 9.13 Å². The van der Waals surface area contributed by atoms with Gasteiger partial charge in [-0.15, -0.1) is 0 Å². The molecule has 0 aliphatic heterocycles. The Morgan fingerprint density at radius 1 is 0.682 bits per heavy atom. The summed E-state index contributed by atoms with van der Waals surface area (Å²) in [4.78, 5) is 37.8. The fourth-order valence-corrected chi connectivity index (χ4v) is 3.69. The molecule has 0 spiro atoms. The normalized spacial score (nSPS) is 12.4. The summed E-state index contributed by atoms with van der Waals surface area (Å²) in [6.45, 7) is 0. The molecule has 8 nitrogen and oxygen atoms in total. The molecule has 0 bridgehead atoms. The van der Waals surface area contributed by atoms with Gasteiger partial charge in [-0.2, -0.15) is 0 Å². The maximum Gasteiger partial charge on any atom is 0.356 e. The van der Waals surface area contributed by atoms with Crippen LogP contribution in [0.4, 0.5) is 11.4 Å². The Kier molecular flexibility index (Phi) is 4.19. The van der Waals surface area contributed by atoms with E-state index in [0.717, 1.165) is 12.1 Å². The van der Waals surface area contributed by atoms with Crippen LogP contribution in [0.5, 0.6) is 0 Å². The molecule has 0 unspecified atom stereocenters. The monoisotopic (exact) mass is 344 g/mol. The van der Waals surface area contributed by atoms with Crippen LogP contribution in [0.3, 0.4) is 0 Å². The lowest BCUT2D eigenvalue weighted by Gasteiger charge is -2.16. The predicted octanol–water partition coefficient (Wildman–Crippen LogP) is 0.124. The lowest BCUT2D eigenvalue weighted by atomic mass is 10.0. The number of anilines is 2. The van der Waals surface area contributed by atoms with Crippen molar-refractivity contribution in [3.05, 3.63) is 36.4 Å². The van der Waals surface area contributed by atoms with Crippen LogP contribution in [0.2, 0.25) is 0 Å². The molecule has 0 aliphatic rings. The zero-order chi connectivity index (χ0) is 16.7. The van der Waals surface area contributed by atoms with E-state index >= 15 is 0 Å². The van der Waals surface area contributed by atoms with Crippen molar-refractivity contribution in [2.45, 2.75) is 0 Å². The van der Waals surface area contributed by atoms with Crippen LogP contribution < -0.4 is 22.1 Å². The lowest BCUT2D eigenvalue weighted by Crippen LogP contribution is -2.15. The van der Waals surface area contributed by atoms with Gasteiger partial charge >= 0.3 is 15.2 Å². The van der Waals surface area contributed by atoms with Crippen LogP contribution in [0, 0.1) is 0 Å². The van der Waals surface area contributed by atoms with E-state index in [-0.39, 0.29) is 22.5 Å². The first-order valence-electron chi connectivity index (χ1n) is 5.92. The van der Waals surface area contributed by atoms with Gasteiger partial charge in [0, 0.05) is 11.4 Å². The number of hydrogen-bond acceptors (Lipinski definition) is 4. The molecule has 0 fully saturated rings. The molecule has 2 rings (SSSR count). The average molecular weight is 344 g/mol. The van der Waals surface area contributed by atoms with Crippen LogP contribution >= 0.6 is 15.2 Å². The summed E-state index contributed by atoms with van der Waals surface area (Å²) in [6, 6.07) is 7.53. The fourth-order valence-electron chi connectivity index (χ4n) is 2.03. The molecular formula is C12H14N2O6P2. The quantitative estimate of drug-likeness (QED) is 0.337. The second kappa shape index (κ2) is 5.52. The van der Waals surface area contributed by atoms with E-state index in [1.807, 2.05) is 0 Å². The van der Waals surface area contributed by atoms with E-state index in [1.165, 1.54) is 24.3 Å². The van der Waals surface area contributed by atoms with Gasteiger partial charge in [-0.1, -0.05) is 12.1 Å². The zero-order valence-electron chi connectivity index (χ0n) is 11.1. The molecule has 8 N–H and O–H groups in total. The molecule has 118 valence electrons. The molecule has 0 saturated carbocycles. The van der Waals surface area contributed by atoms with Crippen molar-refractivity contribution < 1.29 is 28.7 Å². The van der Waals surface area contributed by atoms with Crippen molar-refractivity contribution >= 4 is 37.2 Å². The van der Waals surface area contributed by atoms with Gasteiger partial charge in [0.1, 0.15) is 0 Å². The molecule has 0 radical (unpaired) electrons. The van der Waals surface area contributed by atoms with Crippen LogP contribution in [0.1, 0.15) is 0 Å². The summed E-state index contributed by atoms with van der Waals surface area (Å²) in [6.07, 6.45) is 0. The summed E-state index contributed by atoms with van der Waals surface area (Å²) in [7, 11) is -9.39. The van der Waals surface area contributed by atoms with E-state index < -0.39 is 25.8 Å². The minimum Gasteiger partial charge on any atom is -0.399 e. The number of benzene rings is 2. The van der Waals surface area contributed by atoms with Crippen LogP contribution in [-0.2, 0) is 9.13 Å². The first kappa shape index (κ1) is 16.7. The maximum atomic E-state index is 11.6. The third-order valence-electron chi connectivity index (χ3n) is 2.96. The van der Waals surface area contributed by atoms with Gasteiger partial charge in [0.15, 0.2) is 0 Å². The highest BCUT2D eigenvalue weighted by atomic mass is 31.2. The SMILES string of the molecule is Nc1ccc(-c2ccc(N)cc2P(=O)(O)O)c(P(=O)(O)O)c1. The van der Waals surface area contributed by atoms with Crippen LogP contribution in [0.25, 0.3) is 11.1 Å². The molecule has 0 aliphatic carbocycles. The second-order valence-corrected chi connectivity index (χ2v) is 7.78. The highest BCUT2D eigenvalue weighted by Crippen LogP contribution is 2.42. The van der Waals surface area contributed by atoms with E-state index in [4.69, 9.17) is 11.5 Å². The molecule has 0 heterocycles. The Labute approximate surface area is 125 Å². The molecule has 22 heavy (non-hydrogen) atoms. The van der Waals surface area contributed by atoms with Crippen molar-refractivity contribution in [3.8, 4) is 11.1 Å². The minimum atomic E-state index is -4.70. The highest BCUT2D eigenvalue weighted by Gasteiger charge is 2.28. The first-order chi connectivity index (χ1) is 10.00. The van der Waals surface area contributed by atoms with E-state index in [0.29, 0.717) is 0 Å². The smallest absolute Gasteiger partial charge is 0.356 e. The predicted molar refractivity (Wildman–Crippen MR) is 84.1 cm³/mol. The van der Waals surface area contributed by atoms with Gasteiger partial charge in [-0.25, -0.2) is 0 Å². The van der Waals surface area contributed by atoms with Crippen molar-refractivity contribution in [3.63, 3.8) is 0 Å². The topological polar surface area (TPSA) is 167 Å². The third-order valence-corrected chi connectivity index (χ3v) is 4.96. The van der Waals surface area contributed by atoms with E-state index in [9.17, 15) is 28.7 Å². The third kappa shape index (κ3) is 3.39. The van der Waals surface area contributed by atoms with Gasteiger partial charge in [0.05, 0.1) is 10.6 Å². The largest absolute Gasteiger partial charge is 0.399 e. The molecule has 2 aromatic carbocycles. The Balaban J connectivity index is 2.84. The summed E-state index contributed by atoms with van der Waals surface area (Å²) < 4.78 is 23.3. The molecule has 0 atom stereocenters. The Hall–Kier alpha value is -1.66. The van der Waals surface area contributed by atoms with E-state index in [1.54, 1.807) is 0 Å². The maximum absolute atomic E-state index is 11.6. The summed E-state index contributed by atoms with van der Waals surface area (Å²) in [5.74, 6) is 0. The van der Waals surface area contributed by atoms with E-state index in [2.05, 4.69) is 0 Å². The van der Waals surface area contributed by atoms with Crippen molar-refractivity contribution in [2.75, 3.05) is 11.5 Å². The highest BCUT2D eigenvalue weighted by molar-refractivity contribution is 7.61. The van der Waals surface area contributed by atoms with Gasteiger partial charge in [0.25, 0.3) is 0 Å². The first-order valence-corrected chi connectivity index (χ1v) is 9.14. The summed E-state index contributed by atoms with van der Waals surface area (Å²) >= 11 is 0. The summed E-state index contributed by atoms with van der Waals surface area (Å²) in [5.41, 5.74) is 11.3. The molecule has 10 heteroatoms. The Bertz CT molecular complexity index is 757. The zero-order valence-corrected chi connectivity index (χ0v) is 12.9. The number of rotatable bonds is 3. The van der Waals surface area contributed by atoms with Crippen molar-refractivity contribution in [1.82, 2.24) is 0 Å². The van der Waals surface area contributed by atoms with Crippen LogP contribution in [0.15, 0.2) is 36.4 Å². The fraction of sp³-hybridized carbons (Fsp3) is 0. The van der Waals surface area contributed by atoms with Crippen molar-refractivity contribution in [2.24, 2.45) is 0 Å². The lowest BCUT2D eigenvalue weighted by molar-refractivity contribution is 0.385. The van der Waals surface area contributed by atoms with Gasteiger partial charge < -0.3 is 31.0 Å². The Morgan fingerprint density at radius 3 is 1.27 bits per heavy atom. The van der Waals surface area contributed by atoms with Gasteiger partial charge in [0.2, 0.25) is 0 Å². The molecule has 2 aromatic rings. The number of nitrogen functional groups attached to an aromatic ring is 2. The molecule has 0 saturated heterocycles. The minimum absolute atomic E-state index is 0.0131. The summed E-state index contributed by atoms with van der Waals surface area (Å²) in [5, 5.41) is -0.820.